The molecule has 0 atom stereocenters. The molecule has 0 aliphatic rings. The van der Waals surface area contributed by atoms with Gasteiger partial charge in [0.2, 0.25) is 0 Å². The maximum absolute atomic E-state index is 15.3. The summed E-state index contributed by atoms with van der Waals surface area (Å²) in [6.07, 6.45) is 3.88. The normalized spacial score (nSPS) is 12.3. The van der Waals surface area contributed by atoms with Crippen molar-refractivity contribution < 1.29 is 39.9 Å². The Bertz CT molecular complexity index is 1350. The second kappa shape index (κ2) is 15.8. The molecule has 7 nitrogen and oxygen atoms in total. The second-order valence-electron chi connectivity index (χ2n) is 9.71. The van der Waals surface area contributed by atoms with Crippen molar-refractivity contribution in [2.24, 2.45) is 0 Å². The van der Waals surface area contributed by atoms with Crippen molar-refractivity contribution >= 4 is 32.4 Å². The smallest absolute Gasteiger partial charge is 0.462 e. The maximum Gasteiger partial charge on any atom is 0.466 e. The lowest BCUT2D eigenvalue weighted by Gasteiger charge is -2.39. The van der Waals surface area contributed by atoms with Crippen LogP contribution in [0, 0.1) is 0 Å². The third kappa shape index (κ3) is 8.75. The van der Waals surface area contributed by atoms with Gasteiger partial charge in [-0.25, -0.2) is 13.2 Å². The fourth-order valence-corrected chi connectivity index (χ4v) is 9.15. The fraction of sp³-hybridized carbons (Fsp3) is 0.312. The van der Waals surface area contributed by atoms with Crippen LogP contribution >= 0.6 is 10.3 Å². The van der Waals surface area contributed by atoms with Gasteiger partial charge in [0.1, 0.15) is 0 Å². The highest BCUT2D eigenvalue weighted by atomic mass is 32.3. The lowest BCUT2D eigenvalue weighted by molar-refractivity contribution is -0.161. The van der Waals surface area contributed by atoms with E-state index in [1.54, 1.807) is 97.9 Å². The first-order chi connectivity index (χ1) is 20.5. The molecule has 43 heavy (non-hydrogen) atoms. The van der Waals surface area contributed by atoms with Crippen LogP contribution in [0.2, 0.25) is 0 Å². The zero-order valence-electron chi connectivity index (χ0n) is 24.0. The monoisotopic (exact) mass is 634 g/mol. The first-order valence-corrected chi connectivity index (χ1v) is 16.8. The summed E-state index contributed by atoms with van der Waals surface area (Å²) in [6, 6.07) is 24.7. The molecule has 232 valence electrons. The van der Waals surface area contributed by atoms with E-state index < -0.39 is 37.6 Å². The minimum atomic E-state index is -5.85. The van der Waals surface area contributed by atoms with Crippen LogP contribution in [0.3, 0.4) is 0 Å². The van der Waals surface area contributed by atoms with Crippen molar-refractivity contribution in [3.05, 3.63) is 103 Å². The lowest BCUT2D eigenvalue weighted by Crippen LogP contribution is -2.41. The number of rotatable bonds is 17. The first kappa shape index (κ1) is 34.0. The highest BCUT2D eigenvalue weighted by Gasteiger charge is 2.58. The maximum atomic E-state index is 15.3. The molecule has 3 aromatic rings. The van der Waals surface area contributed by atoms with Crippen molar-refractivity contribution in [3.8, 4) is 0 Å². The number of hydrogen-bond donors (Lipinski definition) is 0. The molecule has 0 aliphatic carbocycles. The number of esters is 2. The van der Waals surface area contributed by atoms with Gasteiger partial charge in [-0.3, -0.25) is 0 Å². The molecular weight excluding hydrogens is 598 g/mol. The van der Waals surface area contributed by atoms with Gasteiger partial charge in [0.25, 0.3) is 0 Å². The Balaban J connectivity index is 1.67. The summed E-state index contributed by atoms with van der Waals surface area (Å²) in [4.78, 5) is 24.9. The van der Waals surface area contributed by atoms with Gasteiger partial charge in [-0.2, -0.15) is 17.2 Å². The average Bonchev–Trinajstić information content (AvgIpc) is 3.01. The predicted octanol–water partition coefficient (Wildman–Crippen LogP) is 7.83. The molecular formula is C32H36F2O7S2. The quantitative estimate of drug-likeness (QED) is 0.0849. The Labute approximate surface area is 253 Å². The summed E-state index contributed by atoms with van der Waals surface area (Å²) in [6.45, 7) is 5.00. The highest BCUT2D eigenvalue weighted by molar-refractivity contribution is 8.33. The van der Waals surface area contributed by atoms with Crippen molar-refractivity contribution in [1.82, 2.24) is 0 Å². The molecule has 0 bridgehead atoms. The molecule has 0 heterocycles. The van der Waals surface area contributed by atoms with E-state index in [2.05, 4.69) is 6.58 Å². The van der Waals surface area contributed by atoms with E-state index in [0.717, 1.165) is 19.3 Å². The average molecular weight is 635 g/mol. The minimum absolute atomic E-state index is 0.278. The highest BCUT2D eigenvalue weighted by Crippen LogP contribution is 2.70. The molecule has 0 saturated heterocycles. The Morgan fingerprint density at radius 2 is 1.05 bits per heavy atom. The number of carbonyl (C=O) groups excluding carboxylic acids is 2. The predicted molar refractivity (Wildman–Crippen MR) is 161 cm³/mol. The van der Waals surface area contributed by atoms with Crippen molar-refractivity contribution in [3.63, 3.8) is 0 Å². The summed E-state index contributed by atoms with van der Waals surface area (Å²) in [5, 5.41) is -4.95. The van der Waals surface area contributed by atoms with Crippen LogP contribution in [0.1, 0.15) is 45.4 Å². The summed E-state index contributed by atoms with van der Waals surface area (Å²) in [5.74, 6) is -2.62. The molecule has 0 spiro atoms. The van der Waals surface area contributed by atoms with Crippen molar-refractivity contribution in [2.75, 3.05) is 13.2 Å². The minimum Gasteiger partial charge on any atom is -0.462 e. The SMILES string of the molecule is C=C(C)C(=O)OCCCCCCCCOC(=O)C(F)(F)S(=O)(=O)OS(c1ccccc1)(c1ccccc1)c1ccccc1. The topological polar surface area (TPSA) is 96.0 Å². The van der Waals surface area contributed by atoms with E-state index in [4.69, 9.17) is 13.1 Å². The van der Waals surface area contributed by atoms with Gasteiger partial charge in [0.15, 0.2) is 0 Å². The van der Waals surface area contributed by atoms with Crippen LogP contribution in [0.4, 0.5) is 8.78 Å². The van der Waals surface area contributed by atoms with Gasteiger partial charge in [-0.1, -0.05) is 86.9 Å². The largest absolute Gasteiger partial charge is 0.466 e. The van der Waals surface area contributed by atoms with Crippen molar-refractivity contribution in [1.29, 1.82) is 0 Å². The van der Waals surface area contributed by atoms with Crippen LogP contribution in [-0.2, 0) is 32.8 Å². The van der Waals surface area contributed by atoms with Crippen LogP contribution in [0.25, 0.3) is 0 Å². The fourth-order valence-electron chi connectivity index (χ4n) is 4.09. The first-order valence-electron chi connectivity index (χ1n) is 13.8. The summed E-state index contributed by atoms with van der Waals surface area (Å²) < 4.78 is 72.5. The van der Waals surface area contributed by atoms with Crippen LogP contribution in [0.15, 0.2) is 118 Å². The van der Waals surface area contributed by atoms with E-state index in [0.29, 0.717) is 33.1 Å². The van der Waals surface area contributed by atoms with Crippen LogP contribution < -0.4 is 0 Å². The summed E-state index contributed by atoms with van der Waals surface area (Å²) >= 11 is 0. The molecule has 0 saturated carbocycles. The molecule has 0 radical (unpaired) electrons. The number of unbranched alkanes of at least 4 members (excludes halogenated alkanes) is 5. The number of benzene rings is 3. The van der Waals surface area contributed by atoms with Gasteiger partial charge < -0.3 is 9.47 Å². The third-order valence-electron chi connectivity index (χ3n) is 6.32. The van der Waals surface area contributed by atoms with Gasteiger partial charge in [-0.05, 0) is 66.5 Å². The number of carbonyl (C=O) groups is 2. The second-order valence-corrected chi connectivity index (χ2v) is 14.2. The molecule has 11 heteroatoms. The van der Waals surface area contributed by atoms with Gasteiger partial charge in [0, 0.05) is 20.3 Å². The molecule has 0 unspecified atom stereocenters. The summed E-state index contributed by atoms with van der Waals surface area (Å²) in [7, 11) is -9.11. The molecule has 0 aromatic heterocycles. The van der Waals surface area contributed by atoms with E-state index in [1.807, 2.05) is 0 Å². The van der Waals surface area contributed by atoms with E-state index >= 15 is 8.78 Å². The van der Waals surface area contributed by atoms with Crippen LogP contribution in [-0.4, -0.2) is 38.8 Å². The molecule has 0 amide bonds. The number of alkyl halides is 2. The number of hydrogen-bond acceptors (Lipinski definition) is 7. The Morgan fingerprint density at radius 1 is 0.674 bits per heavy atom. The molecule has 0 fully saturated rings. The number of ether oxygens (including phenoxy) is 2. The zero-order chi connectivity index (χ0) is 31.3. The van der Waals surface area contributed by atoms with E-state index in [9.17, 15) is 18.0 Å². The van der Waals surface area contributed by atoms with E-state index in [-0.39, 0.29) is 19.6 Å². The molecule has 3 aromatic carbocycles. The van der Waals surface area contributed by atoms with Crippen molar-refractivity contribution in [2.45, 2.75) is 65.4 Å². The van der Waals surface area contributed by atoms with Gasteiger partial charge in [-0.15, -0.1) is 0 Å². The zero-order valence-corrected chi connectivity index (χ0v) is 25.6. The Kier molecular flexibility index (Phi) is 12.5. The molecule has 0 aliphatic heterocycles. The Morgan fingerprint density at radius 3 is 1.44 bits per heavy atom. The lowest BCUT2D eigenvalue weighted by atomic mass is 10.1. The van der Waals surface area contributed by atoms with Gasteiger partial charge in [0.05, 0.1) is 13.2 Å². The van der Waals surface area contributed by atoms with E-state index in [1.165, 1.54) is 0 Å². The third-order valence-corrected chi connectivity index (χ3v) is 11.5. The number of halogens is 2. The molecule has 3 rings (SSSR count). The molecule has 0 N–H and O–H groups in total. The summed E-state index contributed by atoms with van der Waals surface area (Å²) in [5.41, 5.74) is 0.337. The standard InChI is InChI=1S/C32H36F2O7S2/c1-26(2)30(35)39-24-16-5-3-4-6-17-25-40-31(36)32(33,34)43(37,38)41-42(27-18-10-7-11-19-27,28-20-12-8-13-21-28)29-22-14-9-15-23-29/h7-15,18-23H,1,3-6,16-17,24-25H2,2H3. The van der Waals surface area contributed by atoms with Gasteiger partial charge >= 0.3 is 27.3 Å². The van der Waals surface area contributed by atoms with Crippen LogP contribution in [0.5, 0.6) is 0 Å². The Hall–Kier alpha value is -3.54.